The lowest BCUT2D eigenvalue weighted by atomic mass is 9.93. The molecule has 1 unspecified atom stereocenters. The average Bonchev–Trinajstić information content (AvgIpc) is 2.66. The molecule has 0 saturated carbocycles. The van der Waals surface area contributed by atoms with Gasteiger partial charge in [-0.05, 0) is 34.0 Å². The maximum absolute atomic E-state index is 11.1. The Bertz CT molecular complexity index is 1090. The lowest BCUT2D eigenvalue weighted by Gasteiger charge is -2.20. The Balaban J connectivity index is 1.82. The molecule has 28 heavy (non-hydrogen) atoms. The summed E-state index contributed by atoms with van der Waals surface area (Å²) >= 11 is 7.97. The summed E-state index contributed by atoms with van der Waals surface area (Å²) < 4.78 is 5.64. The number of carbonyl (C=O) groups is 1. The SMILES string of the molecule is CC(CSc1cc(-c2c(Cl)cc3c4c(cccc24)COC3)nc(N)n1)C(=O)O. The Kier molecular flexibility index (Phi) is 5.14. The number of thioether (sulfide) groups is 1. The third-order valence-corrected chi connectivity index (χ3v) is 6.14. The van der Waals surface area contributed by atoms with E-state index in [1.165, 1.54) is 11.8 Å². The van der Waals surface area contributed by atoms with E-state index in [9.17, 15) is 4.79 Å². The predicted molar refractivity (Wildman–Crippen MR) is 110 cm³/mol. The van der Waals surface area contributed by atoms with Gasteiger partial charge in [0, 0.05) is 11.3 Å². The first-order valence-corrected chi connectivity index (χ1v) is 10.1. The first-order valence-electron chi connectivity index (χ1n) is 8.75. The van der Waals surface area contributed by atoms with Crippen LogP contribution in [-0.2, 0) is 22.7 Å². The number of carboxylic acid groups (broad SMARTS) is 1. The van der Waals surface area contributed by atoms with E-state index in [2.05, 4.69) is 9.97 Å². The zero-order chi connectivity index (χ0) is 19.8. The van der Waals surface area contributed by atoms with Crippen molar-refractivity contribution in [2.24, 2.45) is 5.92 Å². The number of hydrogen-bond acceptors (Lipinski definition) is 6. The number of nitrogens with two attached hydrogens (primary N) is 1. The number of aliphatic carboxylic acids is 1. The van der Waals surface area contributed by atoms with Crippen molar-refractivity contribution in [2.75, 3.05) is 11.5 Å². The summed E-state index contributed by atoms with van der Waals surface area (Å²) in [5.74, 6) is -0.819. The van der Waals surface area contributed by atoms with Gasteiger partial charge in [0.2, 0.25) is 5.95 Å². The van der Waals surface area contributed by atoms with Crippen LogP contribution < -0.4 is 5.73 Å². The summed E-state index contributed by atoms with van der Waals surface area (Å²) in [6.45, 7) is 2.74. The smallest absolute Gasteiger partial charge is 0.307 e. The Morgan fingerprint density at radius 1 is 1.32 bits per heavy atom. The van der Waals surface area contributed by atoms with Gasteiger partial charge in [0.15, 0.2) is 0 Å². The first-order chi connectivity index (χ1) is 13.4. The number of halogens is 1. The Labute approximate surface area is 171 Å². The lowest BCUT2D eigenvalue weighted by molar-refractivity contribution is -0.140. The molecule has 2 aromatic carbocycles. The topological polar surface area (TPSA) is 98.3 Å². The van der Waals surface area contributed by atoms with Crippen LogP contribution in [0, 0.1) is 5.92 Å². The van der Waals surface area contributed by atoms with Crippen molar-refractivity contribution in [1.29, 1.82) is 0 Å². The fourth-order valence-electron chi connectivity index (χ4n) is 3.31. The van der Waals surface area contributed by atoms with Gasteiger partial charge in [-0.3, -0.25) is 4.79 Å². The summed E-state index contributed by atoms with van der Waals surface area (Å²) in [6.07, 6.45) is 0. The molecular formula is C20H18ClN3O3S. The highest BCUT2D eigenvalue weighted by Gasteiger charge is 2.20. The van der Waals surface area contributed by atoms with Crippen LogP contribution in [-0.4, -0.2) is 26.8 Å². The molecule has 0 fully saturated rings. The van der Waals surface area contributed by atoms with Crippen molar-refractivity contribution in [3.63, 3.8) is 0 Å². The van der Waals surface area contributed by atoms with Gasteiger partial charge in [0.25, 0.3) is 0 Å². The molecule has 0 saturated heterocycles. The highest BCUT2D eigenvalue weighted by Crippen LogP contribution is 2.40. The monoisotopic (exact) mass is 415 g/mol. The summed E-state index contributed by atoms with van der Waals surface area (Å²) in [5.41, 5.74) is 9.53. The van der Waals surface area contributed by atoms with E-state index in [1.807, 2.05) is 30.3 Å². The Morgan fingerprint density at radius 2 is 2.11 bits per heavy atom. The molecule has 3 aromatic rings. The summed E-state index contributed by atoms with van der Waals surface area (Å²) in [7, 11) is 0. The molecule has 1 aliphatic rings. The largest absolute Gasteiger partial charge is 0.481 e. The second-order valence-electron chi connectivity index (χ2n) is 6.72. The Hall–Kier alpha value is -2.35. The van der Waals surface area contributed by atoms with Crippen molar-refractivity contribution in [3.8, 4) is 11.3 Å². The van der Waals surface area contributed by atoms with Gasteiger partial charge in [0.05, 0.1) is 29.8 Å². The molecule has 144 valence electrons. The minimum atomic E-state index is -0.844. The first kappa shape index (κ1) is 19.0. The van der Waals surface area contributed by atoms with E-state index in [1.54, 1.807) is 6.92 Å². The fraction of sp³-hybridized carbons (Fsp3) is 0.250. The molecule has 6 nitrogen and oxygen atoms in total. The van der Waals surface area contributed by atoms with Gasteiger partial charge < -0.3 is 15.6 Å². The predicted octanol–water partition coefficient (Wildman–Crippen LogP) is 4.38. The average molecular weight is 416 g/mol. The molecule has 8 heteroatoms. The van der Waals surface area contributed by atoms with Gasteiger partial charge in [-0.2, -0.15) is 0 Å². The maximum Gasteiger partial charge on any atom is 0.307 e. The van der Waals surface area contributed by atoms with E-state index >= 15 is 0 Å². The van der Waals surface area contributed by atoms with Crippen LogP contribution in [0.15, 0.2) is 35.4 Å². The molecule has 0 aliphatic carbocycles. The van der Waals surface area contributed by atoms with Crippen LogP contribution >= 0.6 is 23.4 Å². The van der Waals surface area contributed by atoms with Crippen LogP contribution in [0.4, 0.5) is 5.95 Å². The number of benzene rings is 2. The van der Waals surface area contributed by atoms with Crippen molar-refractivity contribution in [1.82, 2.24) is 9.97 Å². The van der Waals surface area contributed by atoms with Crippen LogP contribution in [0.3, 0.4) is 0 Å². The van der Waals surface area contributed by atoms with Crippen LogP contribution in [0.1, 0.15) is 18.1 Å². The van der Waals surface area contributed by atoms with Crippen molar-refractivity contribution >= 4 is 46.1 Å². The lowest BCUT2D eigenvalue weighted by Crippen LogP contribution is -2.12. The fourth-order valence-corrected chi connectivity index (χ4v) is 4.55. The van der Waals surface area contributed by atoms with Gasteiger partial charge in [-0.1, -0.05) is 36.7 Å². The summed E-state index contributed by atoms with van der Waals surface area (Å²) in [6, 6.07) is 9.77. The zero-order valence-electron chi connectivity index (χ0n) is 15.1. The van der Waals surface area contributed by atoms with Crippen LogP contribution in [0.2, 0.25) is 5.02 Å². The molecular weight excluding hydrogens is 398 g/mol. The zero-order valence-corrected chi connectivity index (χ0v) is 16.7. The van der Waals surface area contributed by atoms with Crippen molar-refractivity contribution in [2.45, 2.75) is 25.2 Å². The second-order valence-corrected chi connectivity index (χ2v) is 8.17. The van der Waals surface area contributed by atoms with E-state index < -0.39 is 11.9 Å². The molecule has 2 heterocycles. The molecule has 0 bridgehead atoms. The Morgan fingerprint density at radius 3 is 2.89 bits per heavy atom. The van der Waals surface area contributed by atoms with E-state index in [4.69, 9.17) is 27.2 Å². The standard InChI is InChI=1S/C20H18ClN3O3S/c1-10(19(25)26)9-28-16-6-15(23-20(22)24-16)18-13-4-2-3-11-7-27-8-12(17(11)13)5-14(18)21/h2-6,10H,7-9H2,1H3,(H,25,26)(H2,22,23,24). The number of hydrogen-bond donors (Lipinski definition) is 2. The van der Waals surface area contributed by atoms with E-state index in [-0.39, 0.29) is 5.95 Å². The van der Waals surface area contributed by atoms with Crippen LogP contribution in [0.25, 0.3) is 22.0 Å². The summed E-state index contributed by atoms with van der Waals surface area (Å²) in [5, 5.41) is 12.4. The van der Waals surface area contributed by atoms with Gasteiger partial charge in [-0.25, -0.2) is 9.97 Å². The molecule has 0 spiro atoms. The molecule has 0 radical (unpaired) electrons. The third kappa shape index (κ3) is 3.53. The molecule has 1 aliphatic heterocycles. The summed E-state index contributed by atoms with van der Waals surface area (Å²) in [4.78, 5) is 19.7. The van der Waals surface area contributed by atoms with Gasteiger partial charge in [-0.15, -0.1) is 11.8 Å². The van der Waals surface area contributed by atoms with Crippen LogP contribution in [0.5, 0.6) is 0 Å². The minimum absolute atomic E-state index is 0.128. The molecule has 1 aromatic heterocycles. The normalized spacial score (nSPS) is 14.2. The van der Waals surface area contributed by atoms with E-state index in [0.29, 0.717) is 34.7 Å². The molecule has 0 amide bonds. The number of carboxylic acids is 1. The minimum Gasteiger partial charge on any atom is -0.481 e. The molecule has 4 rings (SSSR count). The quantitative estimate of drug-likeness (QED) is 0.471. The number of rotatable bonds is 5. The number of ether oxygens (including phenoxy) is 1. The van der Waals surface area contributed by atoms with Gasteiger partial charge >= 0.3 is 5.97 Å². The van der Waals surface area contributed by atoms with Crippen molar-refractivity contribution in [3.05, 3.63) is 46.5 Å². The highest BCUT2D eigenvalue weighted by molar-refractivity contribution is 7.99. The number of anilines is 1. The molecule has 3 N–H and O–H groups in total. The highest BCUT2D eigenvalue weighted by atomic mass is 35.5. The van der Waals surface area contributed by atoms with E-state index in [0.717, 1.165) is 27.5 Å². The maximum atomic E-state index is 11.1. The number of nitrogen functional groups attached to an aromatic ring is 1. The number of aromatic nitrogens is 2. The third-order valence-electron chi connectivity index (χ3n) is 4.67. The molecule has 1 atom stereocenters. The van der Waals surface area contributed by atoms with Crippen molar-refractivity contribution < 1.29 is 14.6 Å². The van der Waals surface area contributed by atoms with Gasteiger partial charge in [0.1, 0.15) is 5.03 Å². The second kappa shape index (κ2) is 7.58. The number of nitrogens with zero attached hydrogens (tertiary/aromatic N) is 2.